The lowest BCUT2D eigenvalue weighted by molar-refractivity contribution is 0.624. The number of thiophene rings is 1. The Bertz CT molecular complexity index is 920. The van der Waals surface area contributed by atoms with Crippen LogP contribution in [0.25, 0.3) is 10.2 Å². The third-order valence-corrected chi connectivity index (χ3v) is 5.39. The monoisotopic (exact) mass is 365 g/mol. The number of aryl methyl sites for hydroxylation is 2. The third kappa shape index (κ3) is 3.09. The molecule has 0 unspecified atom stereocenters. The zero-order valence-corrected chi connectivity index (χ0v) is 14.6. The minimum absolute atomic E-state index is 0. The molecule has 4 rings (SSSR count). The molecule has 1 aliphatic heterocycles. The Balaban J connectivity index is 0.00000169. The van der Waals surface area contributed by atoms with Gasteiger partial charge in [0, 0.05) is 18.0 Å². The van der Waals surface area contributed by atoms with Crippen molar-refractivity contribution < 1.29 is 4.39 Å². The Labute approximate surface area is 148 Å². The van der Waals surface area contributed by atoms with Crippen molar-refractivity contribution in [2.45, 2.75) is 25.9 Å². The van der Waals surface area contributed by atoms with Crippen LogP contribution in [0.15, 0.2) is 35.4 Å². The molecule has 3 aromatic rings. The highest BCUT2D eigenvalue weighted by Gasteiger charge is 2.19. The summed E-state index contributed by atoms with van der Waals surface area (Å²) in [4.78, 5) is 19.3. The highest BCUT2D eigenvalue weighted by molar-refractivity contribution is 7.18. The first-order valence-corrected chi connectivity index (χ1v) is 8.49. The van der Waals surface area contributed by atoms with Gasteiger partial charge in [0.1, 0.15) is 10.6 Å². The summed E-state index contributed by atoms with van der Waals surface area (Å²) in [6.07, 6.45) is 3.19. The molecular weight excluding hydrogens is 349 g/mol. The average molecular weight is 366 g/mol. The molecule has 7 heteroatoms. The van der Waals surface area contributed by atoms with Gasteiger partial charge >= 0.3 is 0 Å². The van der Waals surface area contributed by atoms with Crippen molar-refractivity contribution in [1.29, 1.82) is 0 Å². The molecule has 0 atom stereocenters. The van der Waals surface area contributed by atoms with Crippen molar-refractivity contribution in [3.8, 4) is 0 Å². The zero-order chi connectivity index (χ0) is 15.8. The molecule has 1 aromatic carbocycles. The molecule has 0 aliphatic carbocycles. The van der Waals surface area contributed by atoms with Crippen LogP contribution in [-0.2, 0) is 25.9 Å². The Morgan fingerprint density at radius 3 is 2.88 bits per heavy atom. The van der Waals surface area contributed by atoms with Crippen LogP contribution in [0.5, 0.6) is 0 Å². The summed E-state index contributed by atoms with van der Waals surface area (Å²) < 4.78 is 14.6. The number of rotatable bonds is 3. The number of aromatic nitrogens is 2. The van der Waals surface area contributed by atoms with Crippen molar-refractivity contribution in [1.82, 2.24) is 14.9 Å². The quantitative estimate of drug-likeness (QED) is 0.776. The van der Waals surface area contributed by atoms with Gasteiger partial charge in [0.2, 0.25) is 0 Å². The highest BCUT2D eigenvalue weighted by Crippen LogP contribution is 2.29. The fourth-order valence-corrected chi connectivity index (χ4v) is 4.16. The van der Waals surface area contributed by atoms with Crippen molar-refractivity contribution in [3.05, 3.63) is 62.8 Å². The lowest BCUT2D eigenvalue weighted by Gasteiger charge is -2.12. The third-order valence-electron chi connectivity index (χ3n) is 4.25. The minimum Gasteiger partial charge on any atom is -0.312 e. The molecule has 0 saturated heterocycles. The normalized spacial score (nSPS) is 13.5. The van der Waals surface area contributed by atoms with Crippen LogP contribution in [0.3, 0.4) is 0 Å². The lowest BCUT2D eigenvalue weighted by Crippen LogP contribution is -2.25. The van der Waals surface area contributed by atoms with Crippen LogP contribution >= 0.6 is 23.7 Å². The smallest absolute Gasteiger partial charge is 0.262 e. The molecule has 0 radical (unpaired) electrons. The number of halogens is 2. The Hall–Kier alpha value is -1.76. The SMILES string of the molecule is Cl.O=c1c2c3c(sc2ncn1CCc1ccc(F)cc1)CNCC3. The maximum atomic E-state index is 12.9. The molecule has 0 spiro atoms. The molecule has 126 valence electrons. The second kappa shape index (κ2) is 7.01. The van der Waals surface area contributed by atoms with Gasteiger partial charge in [-0.2, -0.15) is 0 Å². The van der Waals surface area contributed by atoms with Gasteiger partial charge in [0.05, 0.1) is 11.7 Å². The van der Waals surface area contributed by atoms with Gasteiger partial charge in [-0.3, -0.25) is 9.36 Å². The number of benzene rings is 1. The van der Waals surface area contributed by atoms with E-state index in [0.29, 0.717) is 13.0 Å². The number of hydrogen-bond donors (Lipinski definition) is 1. The van der Waals surface area contributed by atoms with Gasteiger partial charge in [-0.05, 0) is 42.6 Å². The topological polar surface area (TPSA) is 46.9 Å². The van der Waals surface area contributed by atoms with Gasteiger partial charge in [-0.25, -0.2) is 9.37 Å². The molecule has 1 N–H and O–H groups in total. The Morgan fingerprint density at radius 1 is 1.29 bits per heavy atom. The van der Waals surface area contributed by atoms with Crippen molar-refractivity contribution >= 4 is 34.0 Å². The van der Waals surface area contributed by atoms with Crippen LogP contribution < -0.4 is 10.9 Å². The summed E-state index contributed by atoms with van der Waals surface area (Å²) in [6, 6.07) is 6.40. The van der Waals surface area contributed by atoms with E-state index in [9.17, 15) is 9.18 Å². The minimum atomic E-state index is -0.243. The maximum Gasteiger partial charge on any atom is 0.262 e. The fourth-order valence-electron chi connectivity index (χ4n) is 3.01. The summed E-state index contributed by atoms with van der Waals surface area (Å²) >= 11 is 1.61. The molecule has 0 fully saturated rings. The van der Waals surface area contributed by atoms with Crippen molar-refractivity contribution in [2.24, 2.45) is 0 Å². The molecule has 24 heavy (non-hydrogen) atoms. The average Bonchev–Trinajstić information content (AvgIpc) is 2.95. The molecule has 0 bridgehead atoms. The molecule has 0 amide bonds. The van der Waals surface area contributed by atoms with E-state index < -0.39 is 0 Å². The van der Waals surface area contributed by atoms with Gasteiger partial charge in [0.15, 0.2) is 0 Å². The first-order chi connectivity index (χ1) is 11.2. The fraction of sp³-hybridized carbons (Fsp3) is 0.294. The Morgan fingerprint density at radius 2 is 2.08 bits per heavy atom. The van der Waals surface area contributed by atoms with Crippen LogP contribution in [0, 0.1) is 5.82 Å². The van der Waals surface area contributed by atoms with Crippen molar-refractivity contribution in [2.75, 3.05) is 6.54 Å². The van der Waals surface area contributed by atoms with Gasteiger partial charge in [-0.1, -0.05) is 12.1 Å². The molecule has 4 nitrogen and oxygen atoms in total. The van der Waals surface area contributed by atoms with Crippen molar-refractivity contribution in [3.63, 3.8) is 0 Å². The molecule has 1 aliphatic rings. The number of nitrogens with zero attached hydrogens (tertiary/aromatic N) is 2. The van der Waals surface area contributed by atoms with E-state index in [1.807, 2.05) is 0 Å². The van der Waals surface area contributed by atoms with Crippen LogP contribution in [0.2, 0.25) is 0 Å². The van der Waals surface area contributed by atoms with E-state index in [4.69, 9.17) is 0 Å². The first kappa shape index (κ1) is 17.1. The number of fused-ring (bicyclic) bond motifs is 3. The number of nitrogens with one attached hydrogen (secondary N) is 1. The summed E-state index contributed by atoms with van der Waals surface area (Å²) in [5, 5.41) is 4.12. The molecule has 2 aromatic heterocycles. The number of hydrogen-bond acceptors (Lipinski definition) is 4. The maximum absolute atomic E-state index is 12.9. The van der Waals surface area contributed by atoms with E-state index in [0.717, 1.165) is 40.9 Å². The van der Waals surface area contributed by atoms with Gasteiger partial charge in [-0.15, -0.1) is 23.7 Å². The molecule has 0 saturated carbocycles. The highest BCUT2D eigenvalue weighted by atomic mass is 35.5. The lowest BCUT2D eigenvalue weighted by atomic mass is 10.1. The van der Waals surface area contributed by atoms with Crippen LogP contribution in [0.4, 0.5) is 4.39 Å². The molecule has 3 heterocycles. The van der Waals surface area contributed by atoms with Crippen LogP contribution in [-0.4, -0.2) is 16.1 Å². The van der Waals surface area contributed by atoms with Crippen LogP contribution in [0.1, 0.15) is 16.0 Å². The van der Waals surface area contributed by atoms with E-state index in [-0.39, 0.29) is 23.8 Å². The standard InChI is InChI=1S/C17H16FN3OS.ClH/c18-12-3-1-11(2-4-12)6-8-21-10-20-16-15(17(21)22)13-5-7-19-9-14(13)23-16;/h1-4,10,19H,5-9H2;1H. The predicted molar refractivity (Wildman–Crippen MR) is 96.6 cm³/mol. The van der Waals surface area contributed by atoms with Gasteiger partial charge < -0.3 is 5.32 Å². The largest absolute Gasteiger partial charge is 0.312 e. The summed E-state index contributed by atoms with van der Waals surface area (Å²) in [5.74, 6) is -0.243. The van der Waals surface area contributed by atoms with E-state index in [1.165, 1.54) is 17.0 Å². The zero-order valence-electron chi connectivity index (χ0n) is 12.9. The predicted octanol–water partition coefficient (Wildman–Crippen LogP) is 2.91. The summed E-state index contributed by atoms with van der Waals surface area (Å²) in [6.45, 7) is 2.28. The van der Waals surface area contributed by atoms with E-state index in [2.05, 4.69) is 10.3 Å². The van der Waals surface area contributed by atoms with E-state index in [1.54, 1.807) is 34.4 Å². The Kier molecular flexibility index (Phi) is 4.99. The molecular formula is C17H17ClFN3OS. The second-order valence-corrected chi connectivity index (χ2v) is 6.81. The summed E-state index contributed by atoms with van der Waals surface area (Å²) in [7, 11) is 0. The summed E-state index contributed by atoms with van der Waals surface area (Å²) in [5.41, 5.74) is 2.21. The second-order valence-electron chi connectivity index (χ2n) is 5.73. The first-order valence-electron chi connectivity index (χ1n) is 7.67. The van der Waals surface area contributed by atoms with E-state index >= 15 is 0 Å². The van der Waals surface area contributed by atoms with Gasteiger partial charge in [0.25, 0.3) is 5.56 Å².